The summed E-state index contributed by atoms with van der Waals surface area (Å²) in [5.41, 5.74) is 4.40. The van der Waals surface area contributed by atoms with Gasteiger partial charge >= 0.3 is 7.60 Å². The average molecular weight is 429 g/mol. The number of nitrogens with two attached hydrogens (primary N) is 1. The molecule has 12 nitrogen and oxygen atoms in total. The van der Waals surface area contributed by atoms with Crippen LogP contribution in [0.5, 0.6) is 0 Å². The van der Waals surface area contributed by atoms with Gasteiger partial charge in [-0.25, -0.2) is 15.0 Å². The van der Waals surface area contributed by atoms with Gasteiger partial charge in [0.15, 0.2) is 23.4 Å². The fraction of sp³-hybridized carbons (Fsp3) is 0.625. The number of imidazole rings is 1. The predicted octanol–water partition coefficient (Wildman–Crippen LogP) is 0.163. The molecule has 1 atom stereocenters. The Morgan fingerprint density at radius 1 is 1.28 bits per heavy atom. The largest absolute Gasteiger partial charge is 0.392 e. The van der Waals surface area contributed by atoms with E-state index in [-0.39, 0.29) is 12.4 Å². The maximum absolute atomic E-state index is 10.9. The van der Waals surface area contributed by atoms with Crippen LogP contribution in [-0.4, -0.2) is 77.5 Å². The van der Waals surface area contributed by atoms with Crippen molar-refractivity contribution in [3.05, 3.63) is 12.7 Å². The summed E-state index contributed by atoms with van der Waals surface area (Å²) < 4.78 is 17.2. The molecular weight excluding hydrogens is 401 g/mol. The van der Waals surface area contributed by atoms with Crippen molar-refractivity contribution >= 4 is 24.6 Å². The van der Waals surface area contributed by atoms with Crippen LogP contribution < -0.4 is 5.73 Å². The minimum Gasteiger partial charge on any atom is -0.392 e. The second kappa shape index (κ2) is 11.2. The molecule has 1 unspecified atom stereocenters. The molecule has 0 aromatic carbocycles. The lowest BCUT2D eigenvalue weighted by Crippen LogP contribution is -2.40. The average Bonchev–Trinajstić information content (AvgIpc) is 3.10. The molecule has 2 aromatic heterocycles. The summed E-state index contributed by atoms with van der Waals surface area (Å²) in [6, 6.07) is 1.72. The van der Waals surface area contributed by atoms with Crippen LogP contribution in [0.2, 0.25) is 0 Å². The summed E-state index contributed by atoms with van der Waals surface area (Å²) in [5.74, 6) is 0.145. The molecule has 0 saturated heterocycles. The Hall–Kier alpha value is -2.13. The number of anilines is 1. The van der Waals surface area contributed by atoms with Crippen LogP contribution in [-0.2, 0) is 15.8 Å². The molecular formula is C16H28N7O5P. The van der Waals surface area contributed by atoms with Gasteiger partial charge < -0.3 is 34.8 Å². The van der Waals surface area contributed by atoms with E-state index in [4.69, 9.17) is 20.3 Å². The maximum Gasteiger partial charge on any atom is 0.351 e. The first kappa shape index (κ1) is 24.9. The Morgan fingerprint density at radius 3 is 2.34 bits per heavy atom. The van der Waals surface area contributed by atoms with E-state index in [0.29, 0.717) is 11.2 Å². The third-order valence-corrected chi connectivity index (χ3v) is 4.63. The van der Waals surface area contributed by atoms with Crippen molar-refractivity contribution in [2.45, 2.75) is 32.9 Å². The van der Waals surface area contributed by atoms with E-state index in [1.165, 1.54) is 36.9 Å². The van der Waals surface area contributed by atoms with Gasteiger partial charge in [-0.3, -0.25) is 4.57 Å². The van der Waals surface area contributed by atoms with Crippen LogP contribution >= 0.6 is 7.60 Å². The van der Waals surface area contributed by atoms with Gasteiger partial charge in [-0.1, -0.05) is 20.8 Å². The van der Waals surface area contributed by atoms with Crippen LogP contribution in [0.1, 0.15) is 20.8 Å². The highest BCUT2D eigenvalue weighted by Gasteiger charge is 2.34. The van der Waals surface area contributed by atoms with Crippen molar-refractivity contribution in [2.24, 2.45) is 0 Å². The number of fused-ring (bicyclic) bond motifs is 1. The molecule has 2 heterocycles. The van der Waals surface area contributed by atoms with Crippen molar-refractivity contribution in [3.63, 3.8) is 0 Å². The fourth-order valence-electron chi connectivity index (χ4n) is 2.41. The molecule has 13 heteroatoms. The minimum atomic E-state index is -4.49. The minimum absolute atomic E-state index is 0.145. The van der Waals surface area contributed by atoms with Crippen molar-refractivity contribution in [3.8, 4) is 6.07 Å². The van der Waals surface area contributed by atoms with E-state index in [1.807, 2.05) is 0 Å². The normalized spacial score (nSPS) is 13.6. The van der Waals surface area contributed by atoms with Gasteiger partial charge in [-0.05, 0) is 19.6 Å². The molecule has 0 radical (unpaired) electrons. The number of aliphatic hydroxyl groups excluding tert-OH is 1. The summed E-state index contributed by atoms with van der Waals surface area (Å²) in [5, 5.41) is 18.6. The zero-order valence-electron chi connectivity index (χ0n) is 16.8. The van der Waals surface area contributed by atoms with Crippen LogP contribution in [0.25, 0.3) is 11.2 Å². The number of ether oxygens (including phenoxy) is 1. The molecule has 5 N–H and O–H groups in total. The smallest absolute Gasteiger partial charge is 0.351 e. The fourth-order valence-corrected chi connectivity index (χ4v) is 2.83. The SMILES string of the molecule is CCN(CC)CC.N#CC(CO)(Cn1cnc2c(N)ncnc21)OCP(=O)(O)O. The molecule has 29 heavy (non-hydrogen) atoms. The van der Waals surface area contributed by atoms with E-state index >= 15 is 0 Å². The first-order valence-electron chi connectivity index (χ1n) is 8.99. The molecule has 0 bridgehead atoms. The Balaban J connectivity index is 0.000000516. The Kier molecular flexibility index (Phi) is 9.58. The molecule has 0 aliphatic carbocycles. The molecule has 0 spiro atoms. The van der Waals surface area contributed by atoms with Crippen molar-refractivity contribution in [1.29, 1.82) is 5.26 Å². The zero-order valence-corrected chi connectivity index (χ0v) is 17.7. The number of nitriles is 1. The molecule has 162 valence electrons. The number of hydrogen-bond acceptors (Lipinski definition) is 9. The lowest BCUT2D eigenvalue weighted by Gasteiger charge is -2.25. The summed E-state index contributed by atoms with van der Waals surface area (Å²) in [4.78, 5) is 31.8. The summed E-state index contributed by atoms with van der Waals surface area (Å²) in [6.07, 6.45) is 1.53. The van der Waals surface area contributed by atoms with Crippen LogP contribution in [0.4, 0.5) is 5.82 Å². The van der Waals surface area contributed by atoms with Gasteiger partial charge in [-0.2, -0.15) is 5.26 Å². The van der Waals surface area contributed by atoms with Gasteiger partial charge in [0.05, 0.1) is 19.5 Å². The lowest BCUT2D eigenvalue weighted by atomic mass is 10.1. The van der Waals surface area contributed by atoms with E-state index in [0.717, 1.165) is 0 Å². The second-order valence-corrected chi connectivity index (χ2v) is 7.71. The van der Waals surface area contributed by atoms with Gasteiger partial charge in [0.1, 0.15) is 17.9 Å². The standard InChI is InChI=1S/C10H13N6O5P.C6H15N/c11-1-10(3-17,21-6-22(18,19)20)2-16-5-15-7-8(12)13-4-14-9(7)16;1-4-7(5-2)6-3/h4-5,17H,2-3,6H2,(H2,12,13,14)(H2,18,19,20);4-6H2,1-3H3. The van der Waals surface area contributed by atoms with Crippen molar-refractivity contribution in [2.75, 3.05) is 38.3 Å². The van der Waals surface area contributed by atoms with E-state index in [9.17, 15) is 14.9 Å². The molecule has 2 aromatic rings. The predicted molar refractivity (Wildman–Crippen MR) is 107 cm³/mol. The number of nitrogens with zero attached hydrogens (tertiary/aromatic N) is 6. The number of aromatic nitrogens is 4. The summed E-state index contributed by atoms with van der Waals surface area (Å²) >= 11 is 0. The Labute approximate surface area is 169 Å². The van der Waals surface area contributed by atoms with Crippen LogP contribution in [0.3, 0.4) is 0 Å². The third kappa shape index (κ3) is 7.32. The second-order valence-electron chi connectivity index (χ2n) is 6.13. The third-order valence-electron chi connectivity index (χ3n) is 4.17. The van der Waals surface area contributed by atoms with Crippen LogP contribution in [0.15, 0.2) is 12.7 Å². The van der Waals surface area contributed by atoms with E-state index < -0.39 is 26.2 Å². The molecule has 0 aliphatic heterocycles. The zero-order chi connectivity index (χ0) is 22.1. The summed E-state index contributed by atoms with van der Waals surface area (Å²) in [7, 11) is -4.49. The van der Waals surface area contributed by atoms with Crippen molar-refractivity contribution in [1.82, 2.24) is 24.4 Å². The molecule has 0 amide bonds. The first-order chi connectivity index (χ1) is 13.6. The van der Waals surface area contributed by atoms with E-state index in [1.54, 1.807) is 6.07 Å². The van der Waals surface area contributed by atoms with E-state index in [2.05, 4.69) is 40.6 Å². The van der Waals surface area contributed by atoms with Gasteiger partial charge in [0, 0.05) is 0 Å². The molecule has 0 fully saturated rings. The molecule has 2 rings (SSSR count). The number of hydrogen-bond donors (Lipinski definition) is 4. The van der Waals surface area contributed by atoms with Gasteiger partial charge in [-0.15, -0.1) is 0 Å². The van der Waals surface area contributed by atoms with Crippen molar-refractivity contribution < 1.29 is 24.2 Å². The van der Waals surface area contributed by atoms with Crippen LogP contribution in [0, 0.1) is 11.3 Å². The topological polar surface area (TPSA) is 184 Å². The van der Waals surface area contributed by atoms with Gasteiger partial charge in [0.25, 0.3) is 0 Å². The summed E-state index contributed by atoms with van der Waals surface area (Å²) in [6.45, 7) is 9.11. The lowest BCUT2D eigenvalue weighted by molar-refractivity contribution is -0.0342. The maximum atomic E-state index is 10.9. The monoisotopic (exact) mass is 429 g/mol. The highest BCUT2D eigenvalue weighted by Crippen LogP contribution is 2.36. The highest BCUT2D eigenvalue weighted by atomic mass is 31.2. The van der Waals surface area contributed by atoms with Gasteiger partial charge in [0.2, 0.25) is 0 Å². The Morgan fingerprint density at radius 2 is 1.90 bits per heavy atom. The first-order valence-corrected chi connectivity index (χ1v) is 10.8. The number of rotatable bonds is 9. The molecule has 0 aliphatic rings. The highest BCUT2D eigenvalue weighted by molar-refractivity contribution is 7.51. The number of aliphatic hydroxyl groups is 1. The Bertz CT molecular complexity index is 855. The number of nitrogen functional groups attached to an aromatic ring is 1. The molecule has 0 saturated carbocycles. The quantitative estimate of drug-likeness (QED) is 0.398.